The van der Waals surface area contributed by atoms with E-state index in [1.54, 1.807) is 29.5 Å². The van der Waals surface area contributed by atoms with Gasteiger partial charge in [-0.2, -0.15) is 0 Å². The number of nitrogens with zero attached hydrogens (tertiary/aromatic N) is 1. The van der Waals surface area contributed by atoms with Gasteiger partial charge in [0, 0.05) is 17.5 Å². The molecule has 1 aromatic carbocycles. The zero-order valence-electron chi connectivity index (χ0n) is 11.1. The van der Waals surface area contributed by atoms with Crippen LogP contribution in [0, 0.1) is 5.82 Å². The number of hydrogen-bond acceptors (Lipinski definition) is 3. The third-order valence-corrected chi connectivity index (χ3v) is 4.38. The molecular weight excluding hydrogens is 273 g/mol. The molecule has 0 N–H and O–H groups in total. The quantitative estimate of drug-likeness (QED) is 0.755. The Morgan fingerprint density at radius 3 is 2.70 bits per heavy atom. The van der Waals surface area contributed by atoms with Crippen LogP contribution in [0.5, 0.6) is 0 Å². The Kier molecular flexibility index (Phi) is 3.94. The first-order chi connectivity index (χ1) is 9.74. The standard InChI is InChI=1S/C16H16FNOS/c17-15-6-2-1-5-14(15)16(19)11-18(12-7-8-12)10-13-4-3-9-20-13/h1-6,9,12H,7-8,10-11H2. The van der Waals surface area contributed by atoms with Gasteiger partial charge >= 0.3 is 0 Å². The van der Waals surface area contributed by atoms with Gasteiger partial charge in [0.25, 0.3) is 0 Å². The van der Waals surface area contributed by atoms with Gasteiger partial charge in [-0.25, -0.2) is 4.39 Å². The van der Waals surface area contributed by atoms with Crippen molar-refractivity contribution in [2.75, 3.05) is 6.54 Å². The van der Waals surface area contributed by atoms with E-state index in [4.69, 9.17) is 0 Å². The van der Waals surface area contributed by atoms with Crippen LogP contribution in [-0.4, -0.2) is 23.3 Å². The molecule has 104 valence electrons. The monoisotopic (exact) mass is 289 g/mol. The van der Waals surface area contributed by atoms with E-state index < -0.39 is 5.82 Å². The summed E-state index contributed by atoms with van der Waals surface area (Å²) >= 11 is 1.70. The molecule has 20 heavy (non-hydrogen) atoms. The summed E-state index contributed by atoms with van der Waals surface area (Å²) in [5.74, 6) is -0.559. The Balaban J connectivity index is 1.70. The molecule has 3 rings (SSSR count). The predicted molar refractivity (Wildman–Crippen MR) is 78.5 cm³/mol. The number of benzene rings is 1. The van der Waals surface area contributed by atoms with Crippen molar-refractivity contribution in [3.05, 3.63) is 58.0 Å². The van der Waals surface area contributed by atoms with Crippen LogP contribution < -0.4 is 0 Å². The van der Waals surface area contributed by atoms with Crippen LogP contribution in [-0.2, 0) is 6.54 Å². The first-order valence-corrected chi connectivity index (χ1v) is 7.66. The number of ketones is 1. The maximum absolute atomic E-state index is 13.6. The molecule has 1 aromatic heterocycles. The molecule has 1 saturated carbocycles. The molecule has 0 amide bonds. The molecule has 2 aromatic rings. The minimum Gasteiger partial charge on any atom is -0.293 e. The van der Waals surface area contributed by atoms with Gasteiger partial charge in [-0.15, -0.1) is 11.3 Å². The average molecular weight is 289 g/mol. The predicted octanol–water partition coefficient (Wildman–Crippen LogP) is 3.73. The molecule has 1 aliphatic carbocycles. The Morgan fingerprint density at radius 2 is 2.05 bits per heavy atom. The maximum atomic E-state index is 13.6. The summed E-state index contributed by atoms with van der Waals surface area (Å²) in [5.41, 5.74) is 0.198. The van der Waals surface area contributed by atoms with Crippen LogP contribution in [0.25, 0.3) is 0 Å². The number of carbonyl (C=O) groups excluding carboxylic acids is 1. The van der Waals surface area contributed by atoms with Gasteiger partial charge in [0.05, 0.1) is 12.1 Å². The molecule has 0 radical (unpaired) electrons. The fourth-order valence-corrected chi connectivity index (χ4v) is 3.04. The van der Waals surface area contributed by atoms with Crippen molar-refractivity contribution in [2.24, 2.45) is 0 Å². The van der Waals surface area contributed by atoms with Crippen molar-refractivity contribution in [3.8, 4) is 0 Å². The number of carbonyl (C=O) groups is 1. The lowest BCUT2D eigenvalue weighted by molar-refractivity contribution is 0.0916. The first-order valence-electron chi connectivity index (χ1n) is 6.78. The van der Waals surface area contributed by atoms with Crippen LogP contribution in [0.1, 0.15) is 28.1 Å². The number of rotatable bonds is 6. The van der Waals surface area contributed by atoms with E-state index in [2.05, 4.69) is 11.0 Å². The van der Waals surface area contributed by atoms with Gasteiger partial charge in [-0.3, -0.25) is 9.69 Å². The summed E-state index contributed by atoms with van der Waals surface area (Å²) in [7, 11) is 0. The van der Waals surface area contributed by atoms with Crippen LogP contribution >= 0.6 is 11.3 Å². The fourth-order valence-electron chi connectivity index (χ4n) is 2.31. The highest BCUT2D eigenvalue weighted by Crippen LogP contribution is 2.29. The Bertz CT molecular complexity index is 592. The molecule has 4 heteroatoms. The molecular formula is C16H16FNOS. The molecule has 1 aliphatic rings. The fraction of sp³-hybridized carbons (Fsp3) is 0.312. The number of hydrogen-bond donors (Lipinski definition) is 0. The van der Waals surface area contributed by atoms with Crippen molar-refractivity contribution in [1.29, 1.82) is 0 Å². The van der Waals surface area contributed by atoms with Gasteiger partial charge in [0.15, 0.2) is 5.78 Å². The van der Waals surface area contributed by atoms with Crippen molar-refractivity contribution in [3.63, 3.8) is 0 Å². The number of Topliss-reactive ketones (excluding diaryl/α,β-unsaturated/α-hetero) is 1. The van der Waals surface area contributed by atoms with Gasteiger partial charge in [-0.05, 0) is 36.4 Å². The summed E-state index contributed by atoms with van der Waals surface area (Å²) in [6.45, 7) is 1.08. The van der Waals surface area contributed by atoms with Crippen LogP contribution in [0.15, 0.2) is 41.8 Å². The molecule has 1 heterocycles. The zero-order valence-corrected chi connectivity index (χ0v) is 11.9. The van der Waals surface area contributed by atoms with E-state index in [1.807, 2.05) is 11.4 Å². The summed E-state index contributed by atoms with van der Waals surface area (Å²) in [6.07, 6.45) is 2.27. The summed E-state index contributed by atoms with van der Waals surface area (Å²) in [4.78, 5) is 15.7. The van der Waals surface area contributed by atoms with Crippen molar-refractivity contribution in [1.82, 2.24) is 4.90 Å². The first kappa shape index (κ1) is 13.5. The number of thiophene rings is 1. The molecule has 0 spiro atoms. The van der Waals surface area contributed by atoms with E-state index in [1.165, 1.54) is 10.9 Å². The Labute approximate surface area is 121 Å². The van der Waals surface area contributed by atoms with Crippen LogP contribution in [0.3, 0.4) is 0 Å². The van der Waals surface area contributed by atoms with E-state index in [9.17, 15) is 9.18 Å². The summed E-state index contributed by atoms with van der Waals surface area (Å²) < 4.78 is 13.6. The highest BCUT2D eigenvalue weighted by atomic mass is 32.1. The van der Waals surface area contributed by atoms with E-state index in [0.717, 1.165) is 19.4 Å². The normalized spacial score (nSPS) is 14.7. The zero-order chi connectivity index (χ0) is 13.9. The average Bonchev–Trinajstić information content (AvgIpc) is 3.17. The second-order valence-electron chi connectivity index (χ2n) is 5.12. The Hall–Kier alpha value is -1.52. The molecule has 0 aliphatic heterocycles. The SMILES string of the molecule is O=C(CN(Cc1cccs1)C1CC1)c1ccccc1F. The van der Waals surface area contributed by atoms with Gasteiger partial charge in [0.2, 0.25) is 0 Å². The van der Waals surface area contributed by atoms with Crippen LogP contribution in [0.4, 0.5) is 4.39 Å². The lowest BCUT2D eigenvalue weighted by Gasteiger charge is -2.20. The molecule has 1 fully saturated rings. The molecule has 0 saturated heterocycles. The minimum absolute atomic E-state index is 0.133. The lowest BCUT2D eigenvalue weighted by atomic mass is 10.1. The molecule has 0 atom stereocenters. The second kappa shape index (κ2) is 5.85. The summed E-state index contributed by atoms with van der Waals surface area (Å²) in [5, 5.41) is 2.04. The molecule has 0 bridgehead atoms. The van der Waals surface area contributed by atoms with Gasteiger partial charge < -0.3 is 0 Å². The van der Waals surface area contributed by atoms with Gasteiger partial charge in [0.1, 0.15) is 5.82 Å². The van der Waals surface area contributed by atoms with E-state index in [-0.39, 0.29) is 11.3 Å². The highest BCUT2D eigenvalue weighted by Gasteiger charge is 2.31. The largest absolute Gasteiger partial charge is 0.293 e. The smallest absolute Gasteiger partial charge is 0.179 e. The molecule has 2 nitrogen and oxygen atoms in total. The summed E-state index contributed by atoms with van der Waals surface area (Å²) in [6, 6.07) is 10.8. The number of halogens is 1. The highest BCUT2D eigenvalue weighted by molar-refractivity contribution is 7.09. The second-order valence-corrected chi connectivity index (χ2v) is 6.15. The Morgan fingerprint density at radius 1 is 1.25 bits per heavy atom. The van der Waals surface area contributed by atoms with Crippen molar-refractivity contribution in [2.45, 2.75) is 25.4 Å². The van der Waals surface area contributed by atoms with Gasteiger partial charge in [-0.1, -0.05) is 18.2 Å². The van der Waals surface area contributed by atoms with Crippen molar-refractivity contribution >= 4 is 17.1 Å². The lowest BCUT2D eigenvalue weighted by Crippen LogP contribution is -2.31. The topological polar surface area (TPSA) is 20.3 Å². The third kappa shape index (κ3) is 3.14. The van der Waals surface area contributed by atoms with E-state index in [0.29, 0.717) is 12.6 Å². The minimum atomic E-state index is -0.427. The third-order valence-electron chi connectivity index (χ3n) is 3.52. The van der Waals surface area contributed by atoms with Crippen LogP contribution in [0.2, 0.25) is 0 Å². The molecule has 0 unspecified atom stereocenters. The maximum Gasteiger partial charge on any atom is 0.179 e. The van der Waals surface area contributed by atoms with Crippen molar-refractivity contribution < 1.29 is 9.18 Å². The van der Waals surface area contributed by atoms with E-state index >= 15 is 0 Å².